The monoisotopic (exact) mass is 371 g/mol. The number of amides is 1. The minimum atomic E-state index is -0.191. The van der Waals surface area contributed by atoms with Gasteiger partial charge in [-0.3, -0.25) is 9.69 Å². The minimum Gasteiger partial charge on any atom is -0.455 e. The lowest BCUT2D eigenvalue weighted by Gasteiger charge is -2.19. The molecule has 144 valence electrons. The second-order valence-corrected chi connectivity index (χ2v) is 7.51. The van der Waals surface area contributed by atoms with Crippen molar-refractivity contribution in [3.05, 3.63) is 53.7 Å². The zero-order valence-corrected chi connectivity index (χ0v) is 15.5. The molecule has 4 rings (SSSR count). The molecule has 3 heterocycles. The summed E-state index contributed by atoms with van der Waals surface area (Å²) < 4.78 is 19.6. The van der Waals surface area contributed by atoms with E-state index in [2.05, 4.69) is 10.2 Å². The number of likely N-dealkylation sites (tertiary alicyclic amines) is 1. The Hall–Kier alpha value is -2.34. The van der Waals surface area contributed by atoms with Crippen LogP contribution >= 0.6 is 0 Å². The van der Waals surface area contributed by atoms with Gasteiger partial charge in [0.15, 0.2) is 5.76 Å². The summed E-state index contributed by atoms with van der Waals surface area (Å²) in [5, 5.41) is 2.97. The van der Waals surface area contributed by atoms with Crippen LogP contribution < -0.4 is 10.2 Å². The zero-order valence-electron chi connectivity index (χ0n) is 15.5. The first kappa shape index (κ1) is 18.0. The maximum absolute atomic E-state index is 13.9. The van der Waals surface area contributed by atoms with Gasteiger partial charge in [0, 0.05) is 19.6 Å². The van der Waals surface area contributed by atoms with Gasteiger partial charge >= 0.3 is 0 Å². The number of hydrogen-bond acceptors (Lipinski definition) is 4. The fraction of sp³-hybridized carbons (Fsp3) is 0.476. The summed E-state index contributed by atoms with van der Waals surface area (Å²) in [5.41, 5.74) is 0.643. The molecule has 1 aromatic heterocycles. The van der Waals surface area contributed by atoms with Crippen LogP contribution in [0.4, 0.5) is 10.1 Å². The van der Waals surface area contributed by atoms with Crippen molar-refractivity contribution >= 4 is 11.6 Å². The highest BCUT2D eigenvalue weighted by Gasteiger charge is 2.25. The van der Waals surface area contributed by atoms with Crippen LogP contribution in [0, 0.1) is 11.7 Å². The molecule has 1 N–H and O–H groups in total. The molecule has 5 nitrogen and oxygen atoms in total. The first-order chi connectivity index (χ1) is 13.2. The first-order valence-corrected chi connectivity index (χ1v) is 9.78. The van der Waals surface area contributed by atoms with Gasteiger partial charge in [0.1, 0.15) is 11.6 Å². The topological polar surface area (TPSA) is 48.7 Å². The fourth-order valence-electron chi connectivity index (χ4n) is 4.00. The molecule has 0 bridgehead atoms. The van der Waals surface area contributed by atoms with Gasteiger partial charge in [-0.15, -0.1) is 0 Å². The van der Waals surface area contributed by atoms with Gasteiger partial charge in [0.05, 0.1) is 12.2 Å². The molecule has 0 radical (unpaired) electrons. The molecule has 2 fully saturated rings. The summed E-state index contributed by atoms with van der Waals surface area (Å²) in [4.78, 5) is 16.8. The number of nitrogens with zero attached hydrogens (tertiary/aromatic N) is 2. The number of carbonyl (C=O) groups excluding carboxylic acids is 1. The molecule has 0 spiro atoms. The van der Waals surface area contributed by atoms with Gasteiger partial charge in [-0.25, -0.2) is 4.39 Å². The normalized spacial score (nSPS) is 20.3. The molecule has 1 aromatic carbocycles. The van der Waals surface area contributed by atoms with Crippen molar-refractivity contribution in [2.24, 2.45) is 5.92 Å². The smallest absolute Gasteiger partial charge is 0.287 e. The van der Waals surface area contributed by atoms with Crippen molar-refractivity contribution in [1.29, 1.82) is 0 Å². The van der Waals surface area contributed by atoms with Gasteiger partial charge in [0.25, 0.3) is 5.91 Å². The number of rotatable bonds is 6. The highest BCUT2D eigenvalue weighted by molar-refractivity contribution is 5.91. The lowest BCUT2D eigenvalue weighted by molar-refractivity contribution is 0.0917. The molecular weight excluding hydrogens is 345 g/mol. The number of furan rings is 1. The van der Waals surface area contributed by atoms with E-state index >= 15 is 0 Å². The summed E-state index contributed by atoms with van der Waals surface area (Å²) in [5.74, 6) is 1.16. The molecule has 0 saturated carbocycles. The Labute approximate surface area is 159 Å². The average Bonchev–Trinajstić information content (AvgIpc) is 3.43. The summed E-state index contributed by atoms with van der Waals surface area (Å²) in [6.45, 7) is 5.10. The van der Waals surface area contributed by atoms with Crippen molar-refractivity contribution in [3.63, 3.8) is 0 Å². The van der Waals surface area contributed by atoms with Crippen LogP contribution in [0.3, 0.4) is 0 Å². The number of carbonyl (C=O) groups is 1. The van der Waals surface area contributed by atoms with E-state index in [9.17, 15) is 9.18 Å². The van der Waals surface area contributed by atoms with Crippen molar-refractivity contribution < 1.29 is 13.6 Å². The predicted octanol–water partition coefficient (Wildman–Crippen LogP) is 3.27. The van der Waals surface area contributed by atoms with Crippen LogP contribution in [-0.2, 0) is 6.54 Å². The van der Waals surface area contributed by atoms with Gasteiger partial charge in [-0.2, -0.15) is 0 Å². The number of anilines is 1. The standard InChI is InChI=1S/C21H26FN3O2/c22-18-5-1-2-6-19(18)25-12-9-16(14-25)13-23-21(26)20-8-7-17(27-20)15-24-10-3-4-11-24/h1-2,5-8,16H,3-4,9-15H2,(H,23,26). The van der Waals surface area contributed by atoms with E-state index in [0.29, 0.717) is 23.9 Å². The van der Waals surface area contributed by atoms with E-state index in [4.69, 9.17) is 4.42 Å². The Balaban J connectivity index is 1.26. The quantitative estimate of drug-likeness (QED) is 0.847. The summed E-state index contributed by atoms with van der Waals surface area (Å²) in [6, 6.07) is 10.5. The maximum Gasteiger partial charge on any atom is 0.287 e. The maximum atomic E-state index is 13.9. The lowest BCUT2D eigenvalue weighted by Crippen LogP contribution is -2.31. The molecule has 1 amide bonds. The van der Waals surface area contributed by atoms with Gasteiger partial charge in [0.2, 0.25) is 0 Å². The zero-order chi connectivity index (χ0) is 18.6. The summed E-state index contributed by atoms with van der Waals surface area (Å²) in [7, 11) is 0. The highest BCUT2D eigenvalue weighted by atomic mass is 19.1. The van der Waals surface area contributed by atoms with Gasteiger partial charge in [-0.05, 0) is 62.5 Å². The number of hydrogen-bond donors (Lipinski definition) is 1. The van der Waals surface area contributed by atoms with Crippen molar-refractivity contribution in [3.8, 4) is 0 Å². The highest BCUT2D eigenvalue weighted by Crippen LogP contribution is 2.25. The third-order valence-electron chi connectivity index (χ3n) is 5.49. The van der Waals surface area contributed by atoms with Crippen LogP contribution in [0.1, 0.15) is 35.6 Å². The minimum absolute atomic E-state index is 0.174. The van der Waals surface area contributed by atoms with Gasteiger partial charge in [-0.1, -0.05) is 12.1 Å². The van der Waals surface area contributed by atoms with E-state index < -0.39 is 0 Å². The van der Waals surface area contributed by atoms with E-state index in [0.717, 1.165) is 44.9 Å². The summed E-state index contributed by atoms with van der Waals surface area (Å²) in [6.07, 6.45) is 3.41. The number of para-hydroxylation sites is 1. The van der Waals surface area contributed by atoms with Crippen molar-refractivity contribution in [1.82, 2.24) is 10.2 Å². The molecule has 2 aliphatic rings. The first-order valence-electron chi connectivity index (χ1n) is 9.78. The molecule has 1 unspecified atom stereocenters. The number of nitrogens with one attached hydrogen (secondary N) is 1. The largest absolute Gasteiger partial charge is 0.455 e. The molecular formula is C21H26FN3O2. The molecule has 1 atom stereocenters. The van der Waals surface area contributed by atoms with Crippen LogP contribution in [-0.4, -0.2) is 43.5 Å². The fourth-order valence-corrected chi connectivity index (χ4v) is 4.00. The van der Waals surface area contributed by atoms with Crippen LogP contribution in [0.25, 0.3) is 0 Å². The van der Waals surface area contributed by atoms with Crippen LogP contribution in [0.5, 0.6) is 0 Å². The third kappa shape index (κ3) is 4.33. The molecule has 0 aliphatic carbocycles. The van der Waals surface area contributed by atoms with Crippen molar-refractivity contribution in [2.45, 2.75) is 25.8 Å². The Morgan fingerprint density at radius 2 is 1.96 bits per heavy atom. The van der Waals surface area contributed by atoms with Crippen LogP contribution in [0.2, 0.25) is 0 Å². The average molecular weight is 371 g/mol. The Morgan fingerprint density at radius 3 is 2.78 bits per heavy atom. The Morgan fingerprint density at radius 1 is 1.15 bits per heavy atom. The van der Waals surface area contributed by atoms with E-state index in [1.807, 2.05) is 17.0 Å². The second kappa shape index (κ2) is 8.13. The molecule has 6 heteroatoms. The van der Waals surface area contributed by atoms with Crippen LogP contribution in [0.15, 0.2) is 40.8 Å². The third-order valence-corrected chi connectivity index (χ3v) is 5.49. The molecule has 27 heavy (non-hydrogen) atoms. The lowest BCUT2D eigenvalue weighted by atomic mass is 10.1. The Bertz CT molecular complexity index is 785. The van der Waals surface area contributed by atoms with Crippen molar-refractivity contribution in [2.75, 3.05) is 37.6 Å². The van der Waals surface area contributed by atoms with E-state index in [-0.39, 0.29) is 11.7 Å². The van der Waals surface area contributed by atoms with Gasteiger partial charge < -0.3 is 14.6 Å². The molecule has 2 aromatic rings. The summed E-state index contributed by atoms with van der Waals surface area (Å²) >= 11 is 0. The predicted molar refractivity (Wildman–Crippen MR) is 102 cm³/mol. The number of benzene rings is 1. The van der Waals surface area contributed by atoms with E-state index in [1.54, 1.807) is 18.2 Å². The van der Waals surface area contributed by atoms with E-state index in [1.165, 1.54) is 18.9 Å². The second-order valence-electron chi connectivity index (χ2n) is 7.51. The SMILES string of the molecule is O=C(NCC1CCN(c2ccccc2F)C1)c1ccc(CN2CCCC2)o1. The molecule has 2 aliphatic heterocycles. The molecule has 2 saturated heterocycles. The number of halogens is 1. The Kier molecular flexibility index (Phi) is 5.43.